The van der Waals surface area contributed by atoms with Crippen molar-refractivity contribution >= 4 is 17.7 Å². The van der Waals surface area contributed by atoms with Crippen molar-refractivity contribution in [2.24, 2.45) is 0 Å². The molecule has 0 saturated heterocycles. The molecule has 0 aliphatic heterocycles. The number of hydrogen-bond donors (Lipinski definition) is 2. The first-order chi connectivity index (χ1) is 13.5. The van der Waals surface area contributed by atoms with Gasteiger partial charge < -0.3 is 19.8 Å². The van der Waals surface area contributed by atoms with Gasteiger partial charge in [0.05, 0.1) is 24.9 Å². The van der Waals surface area contributed by atoms with E-state index in [0.29, 0.717) is 23.0 Å². The Kier molecular flexibility index (Phi) is 5.74. The number of carbonyl (C=O) groups excluding carboxylic acids is 2. The first-order valence-electron chi connectivity index (χ1n) is 8.74. The van der Waals surface area contributed by atoms with Crippen molar-refractivity contribution < 1.29 is 18.7 Å². The zero-order chi connectivity index (χ0) is 20.1. The second kappa shape index (κ2) is 8.39. The Balaban J connectivity index is 1.68. The molecule has 2 N–H and O–H groups in total. The Hall–Kier alpha value is -3.61. The molecular weight excluding hydrogens is 358 g/mol. The first kappa shape index (κ1) is 19.2. The Morgan fingerprint density at radius 3 is 2.54 bits per heavy atom. The lowest BCUT2D eigenvalue weighted by Crippen LogP contribution is -2.29. The number of methoxy groups -OCH3 is 1. The van der Waals surface area contributed by atoms with Crippen molar-refractivity contribution in [2.75, 3.05) is 12.4 Å². The zero-order valence-corrected chi connectivity index (χ0v) is 15.9. The van der Waals surface area contributed by atoms with Crippen LogP contribution in [0.4, 0.5) is 10.5 Å². The van der Waals surface area contributed by atoms with Crippen LogP contribution in [0.15, 0.2) is 52.9 Å². The molecule has 144 valence electrons. The third-order valence-electron chi connectivity index (χ3n) is 4.27. The number of hydrogen-bond acceptors (Lipinski definition) is 5. The van der Waals surface area contributed by atoms with Crippen LogP contribution in [0.25, 0.3) is 11.5 Å². The number of nitrogens with one attached hydrogen (secondary N) is 2. The summed E-state index contributed by atoms with van der Waals surface area (Å²) in [4.78, 5) is 28.5. The lowest BCUT2D eigenvalue weighted by Gasteiger charge is -2.10. The van der Waals surface area contributed by atoms with Gasteiger partial charge in [0, 0.05) is 5.56 Å². The molecule has 0 bridgehead atoms. The van der Waals surface area contributed by atoms with E-state index in [4.69, 9.17) is 9.15 Å². The van der Waals surface area contributed by atoms with Gasteiger partial charge in [-0.05, 0) is 37.6 Å². The minimum atomic E-state index is -0.522. The topological polar surface area (TPSA) is 93.5 Å². The van der Waals surface area contributed by atoms with Crippen molar-refractivity contribution in [3.8, 4) is 11.5 Å². The maximum Gasteiger partial charge on any atom is 0.339 e. The monoisotopic (exact) mass is 379 g/mol. The van der Waals surface area contributed by atoms with Crippen molar-refractivity contribution in [1.82, 2.24) is 10.3 Å². The van der Waals surface area contributed by atoms with E-state index in [-0.39, 0.29) is 12.1 Å². The van der Waals surface area contributed by atoms with Crippen molar-refractivity contribution in [3.63, 3.8) is 0 Å². The predicted molar refractivity (Wildman–Crippen MR) is 105 cm³/mol. The predicted octanol–water partition coefficient (Wildman–Crippen LogP) is 4.07. The summed E-state index contributed by atoms with van der Waals surface area (Å²) in [5.74, 6) is 0.628. The molecule has 1 aromatic heterocycles. The number of rotatable bonds is 5. The van der Waals surface area contributed by atoms with Gasteiger partial charge >= 0.3 is 12.0 Å². The molecule has 0 atom stereocenters. The minimum absolute atomic E-state index is 0.188. The van der Waals surface area contributed by atoms with Crippen LogP contribution in [0.5, 0.6) is 0 Å². The van der Waals surface area contributed by atoms with Crippen LogP contribution >= 0.6 is 0 Å². The van der Waals surface area contributed by atoms with Crippen LogP contribution in [0.1, 0.15) is 27.4 Å². The van der Waals surface area contributed by atoms with Gasteiger partial charge in [0.15, 0.2) is 0 Å². The molecule has 0 fully saturated rings. The molecule has 0 saturated carbocycles. The number of nitrogens with zero attached hydrogens (tertiary/aromatic N) is 1. The maximum atomic E-state index is 12.3. The van der Waals surface area contributed by atoms with Crippen molar-refractivity contribution in [1.29, 1.82) is 0 Å². The third kappa shape index (κ3) is 4.20. The summed E-state index contributed by atoms with van der Waals surface area (Å²) in [7, 11) is 1.29. The first-order valence-corrected chi connectivity index (χ1v) is 8.74. The fourth-order valence-corrected chi connectivity index (χ4v) is 2.73. The fraction of sp³-hybridized carbons (Fsp3) is 0.190. The molecule has 2 aromatic carbocycles. The van der Waals surface area contributed by atoms with E-state index in [0.717, 1.165) is 11.1 Å². The molecule has 28 heavy (non-hydrogen) atoms. The number of para-hydroxylation sites is 1. The molecule has 0 aliphatic carbocycles. The van der Waals surface area contributed by atoms with Gasteiger partial charge in [0.2, 0.25) is 5.89 Å². The van der Waals surface area contributed by atoms with E-state index < -0.39 is 12.0 Å². The SMILES string of the molecule is COC(=O)c1ccccc1NC(=O)NCc1nc(-c2ccccc2C)oc1C. The van der Waals surface area contributed by atoms with E-state index in [9.17, 15) is 9.59 Å². The third-order valence-corrected chi connectivity index (χ3v) is 4.27. The summed E-state index contributed by atoms with van der Waals surface area (Å²) in [5.41, 5.74) is 3.24. The van der Waals surface area contributed by atoms with Gasteiger partial charge in [-0.3, -0.25) is 0 Å². The molecule has 7 heteroatoms. The maximum absolute atomic E-state index is 12.3. The van der Waals surface area contributed by atoms with Crippen LogP contribution in [0.3, 0.4) is 0 Å². The number of carbonyl (C=O) groups is 2. The molecule has 1 heterocycles. The smallest absolute Gasteiger partial charge is 0.339 e. The van der Waals surface area contributed by atoms with E-state index in [1.165, 1.54) is 7.11 Å². The molecule has 0 aliphatic rings. The van der Waals surface area contributed by atoms with Gasteiger partial charge in [-0.15, -0.1) is 0 Å². The number of amides is 2. The quantitative estimate of drug-likeness (QED) is 0.652. The summed E-state index contributed by atoms with van der Waals surface area (Å²) in [6.45, 7) is 3.97. The minimum Gasteiger partial charge on any atom is -0.465 e. The molecule has 0 unspecified atom stereocenters. The molecule has 7 nitrogen and oxygen atoms in total. The molecule has 3 rings (SSSR count). The lowest BCUT2D eigenvalue weighted by atomic mass is 10.1. The van der Waals surface area contributed by atoms with Crippen LogP contribution in [0.2, 0.25) is 0 Å². The zero-order valence-electron chi connectivity index (χ0n) is 15.9. The van der Waals surface area contributed by atoms with Gasteiger partial charge in [-0.1, -0.05) is 30.3 Å². The fourth-order valence-electron chi connectivity index (χ4n) is 2.73. The number of benzene rings is 2. The lowest BCUT2D eigenvalue weighted by molar-refractivity contribution is 0.0602. The van der Waals surface area contributed by atoms with Crippen LogP contribution in [-0.2, 0) is 11.3 Å². The van der Waals surface area contributed by atoms with Crippen molar-refractivity contribution in [2.45, 2.75) is 20.4 Å². The number of urea groups is 1. The number of oxazole rings is 1. The number of aromatic nitrogens is 1. The van der Waals surface area contributed by atoms with E-state index in [1.54, 1.807) is 31.2 Å². The number of aryl methyl sites for hydroxylation is 2. The average Bonchev–Trinajstić information content (AvgIpc) is 3.07. The summed E-state index contributed by atoms with van der Waals surface area (Å²) >= 11 is 0. The van der Waals surface area contributed by atoms with E-state index in [1.807, 2.05) is 31.2 Å². The van der Waals surface area contributed by atoms with Crippen LogP contribution in [0, 0.1) is 13.8 Å². The second-order valence-corrected chi connectivity index (χ2v) is 6.18. The summed E-state index contributed by atoms with van der Waals surface area (Å²) in [5, 5.41) is 5.38. The Morgan fingerprint density at radius 2 is 1.79 bits per heavy atom. The molecule has 2 amide bonds. The van der Waals surface area contributed by atoms with Crippen LogP contribution < -0.4 is 10.6 Å². The standard InChI is InChI=1S/C21H21N3O4/c1-13-8-4-5-9-15(13)19-23-18(14(2)28-19)12-22-21(26)24-17-11-7-6-10-16(17)20(25)27-3/h4-11H,12H2,1-3H3,(H2,22,24,26). The Labute approximate surface area is 162 Å². The second-order valence-electron chi connectivity index (χ2n) is 6.18. The normalized spacial score (nSPS) is 10.4. The van der Waals surface area contributed by atoms with Gasteiger partial charge in [-0.25, -0.2) is 14.6 Å². The number of esters is 1. The van der Waals surface area contributed by atoms with Gasteiger partial charge in [0.25, 0.3) is 0 Å². The highest BCUT2D eigenvalue weighted by molar-refractivity contribution is 6.00. The molecule has 0 radical (unpaired) electrons. The molecule has 0 spiro atoms. The number of anilines is 1. The summed E-state index contributed by atoms with van der Waals surface area (Å²) in [6.07, 6.45) is 0. The Morgan fingerprint density at radius 1 is 1.07 bits per heavy atom. The highest BCUT2D eigenvalue weighted by atomic mass is 16.5. The summed E-state index contributed by atoms with van der Waals surface area (Å²) < 4.78 is 10.5. The largest absolute Gasteiger partial charge is 0.465 e. The Bertz CT molecular complexity index is 1010. The van der Waals surface area contributed by atoms with Crippen LogP contribution in [-0.4, -0.2) is 24.1 Å². The highest BCUT2D eigenvalue weighted by Crippen LogP contribution is 2.24. The number of ether oxygens (including phenoxy) is 1. The van der Waals surface area contributed by atoms with E-state index in [2.05, 4.69) is 15.6 Å². The molecular formula is C21H21N3O4. The molecule has 3 aromatic rings. The summed E-state index contributed by atoms with van der Waals surface area (Å²) in [6, 6.07) is 14.0. The highest BCUT2D eigenvalue weighted by Gasteiger charge is 2.15. The van der Waals surface area contributed by atoms with Crippen molar-refractivity contribution in [3.05, 3.63) is 71.1 Å². The van der Waals surface area contributed by atoms with Gasteiger partial charge in [0.1, 0.15) is 11.5 Å². The van der Waals surface area contributed by atoms with Gasteiger partial charge in [-0.2, -0.15) is 0 Å². The van der Waals surface area contributed by atoms with E-state index >= 15 is 0 Å². The average molecular weight is 379 g/mol.